The number of aliphatic carboxylic acids is 1. The van der Waals surface area contributed by atoms with Gasteiger partial charge in [-0.05, 0) is 19.4 Å². The molecule has 0 bridgehead atoms. The highest BCUT2D eigenvalue weighted by molar-refractivity contribution is 5.73. The average Bonchev–Trinajstić information content (AvgIpc) is 2.77. The van der Waals surface area contributed by atoms with Gasteiger partial charge in [-0.25, -0.2) is 0 Å². The molecule has 1 saturated heterocycles. The van der Waals surface area contributed by atoms with Gasteiger partial charge in [-0.3, -0.25) is 19.8 Å². The summed E-state index contributed by atoms with van der Waals surface area (Å²) in [4.78, 5) is 23.3. The van der Waals surface area contributed by atoms with Crippen LogP contribution >= 0.6 is 0 Å². The third kappa shape index (κ3) is 2.48. The van der Waals surface area contributed by atoms with Crippen LogP contribution < -0.4 is 0 Å². The summed E-state index contributed by atoms with van der Waals surface area (Å²) in [7, 11) is 0. The molecule has 0 aromatic heterocycles. The first-order valence-corrected chi connectivity index (χ1v) is 5.78. The zero-order valence-electron chi connectivity index (χ0n) is 9.78. The fraction of sp³-hybridized carbons (Fsp3) is 0.417. The van der Waals surface area contributed by atoms with E-state index < -0.39 is 16.9 Å². The lowest BCUT2D eigenvalue weighted by molar-refractivity contribution is -0.385. The van der Waals surface area contributed by atoms with Gasteiger partial charge in [0, 0.05) is 18.2 Å². The molecule has 1 aromatic carbocycles. The van der Waals surface area contributed by atoms with Crippen LogP contribution in [0.3, 0.4) is 0 Å². The smallest absolute Gasteiger partial charge is 0.320 e. The maximum absolute atomic E-state index is 11.0. The van der Waals surface area contributed by atoms with Gasteiger partial charge in [0.05, 0.1) is 4.92 Å². The minimum atomic E-state index is -0.855. The number of nitro benzene ring substituents is 1. The third-order valence-corrected chi connectivity index (χ3v) is 3.21. The lowest BCUT2D eigenvalue weighted by atomic mass is 10.1. The van der Waals surface area contributed by atoms with Gasteiger partial charge < -0.3 is 5.11 Å². The Balaban J connectivity index is 2.19. The second kappa shape index (κ2) is 5.14. The largest absolute Gasteiger partial charge is 0.480 e. The van der Waals surface area contributed by atoms with E-state index in [2.05, 4.69) is 0 Å². The first kappa shape index (κ1) is 12.5. The van der Waals surface area contributed by atoms with Crippen molar-refractivity contribution in [3.63, 3.8) is 0 Å². The maximum atomic E-state index is 11.0. The van der Waals surface area contributed by atoms with E-state index >= 15 is 0 Å². The molecular formula is C12H14N2O4. The first-order valence-electron chi connectivity index (χ1n) is 5.78. The van der Waals surface area contributed by atoms with E-state index in [-0.39, 0.29) is 5.69 Å². The fourth-order valence-corrected chi connectivity index (χ4v) is 2.34. The van der Waals surface area contributed by atoms with E-state index in [9.17, 15) is 14.9 Å². The standard InChI is InChI=1S/C12H14N2O4/c15-12(16)11-6-3-7-13(11)8-9-4-1-2-5-10(9)14(17)18/h1-2,4-5,11H,3,6-8H2,(H,15,16). The lowest BCUT2D eigenvalue weighted by Gasteiger charge is -2.20. The summed E-state index contributed by atoms with van der Waals surface area (Å²) >= 11 is 0. The minimum absolute atomic E-state index is 0.0496. The Labute approximate surface area is 104 Å². The quantitative estimate of drug-likeness (QED) is 0.648. The Morgan fingerprint density at radius 3 is 2.89 bits per heavy atom. The van der Waals surface area contributed by atoms with Crippen molar-refractivity contribution in [2.45, 2.75) is 25.4 Å². The molecule has 6 heteroatoms. The number of carboxylic acids is 1. The van der Waals surface area contributed by atoms with Gasteiger partial charge in [0.2, 0.25) is 0 Å². The van der Waals surface area contributed by atoms with Crippen LogP contribution in [0.2, 0.25) is 0 Å². The topological polar surface area (TPSA) is 83.7 Å². The van der Waals surface area contributed by atoms with E-state index in [0.29, 0.717) is 25.1 Å². The zero-order chi connectivity index (χ0) is 13.1. The molecule has 1 fully saturated rings. The number of carbonyl (C=O) groups is 1. The Bertz CT molecular complexity index is 475. The Morgan fingerprint density at radius 2 is 2.22 bits per heavy atom. The van der Waals surface area contributed by atoms with Crippen molar-refractivity contribution in [2.24, 2.45) is 0 Å². The van der Waals surface area contributed by atoms with Gasteiger partial charge in [0.15, 0.2) is 0 Å². The molecule has 0 spiro atoms. The number of benzene rings is 1. The highest BCUT2D eigenvalue weighted by Crippen LogP contribution is 2.24. The zero-order valence-corrected chi connectivity index (χ0v) is 9.78. The molecule has 6 nitrogen and oxygen atoms in total. The SMILES string of the molecule is O=C(O)C1CCCN1Cc1ccccc1[N+](=O)[O-]. The molecule has 1 aliphatic heterocycles. The summed E-state index contributed by atoms with van der Waals surface area (Å²) in [5, 5.41) is 19.9. The normalized spacial score (nSPS) is 19.9. The van der Waals surface area contributed by atoms with Crippen LogP contribution in [0.4, 0.5) is 5.69 Å². The van der Waals surface area contributed by atoms with Crippen molar-refractivity contribution in [1.29, 1.82) is 0 Å². The van der Waals surface area contributed by atoms with Crippen molar-refractivity contribution in [2.75, 3.05) is 6.54 Å². The molecule has 1 unspecified atom stereocenters. The van der Waals surface area contributed by atoms with Crippen molar-refractivity contribution in [3.8, 4) is 0 Å². The maximum Gasteiger partial charge on any atom is 0.320 e. The van der Waals surface area contributed by atoms with Crippen LogP contribution in [0.25, 0.3) is 0 Å². The van der Waals surface area contributed by atoms with E-state index in [0.717, 1.165) is 6.42 Å². The molecule has 96 valence electrons. The highest BCUT2D eigenvalue weighted by atomic mass is 16.6. The second-order valence-corrected chi connectivity index (χ2v) is 4.35. The van der Waals surface area contributed by atoms with Crippen molar-refractivity contribution in [1.82, 2.24) is 4.90 Å². The van der Waals surface area contributed by atoms with Gasteiger partial charge in [0.1, 0.15) is 6.04 Å². The molecule has 1 N–H and O–H groups in total. The summed E-state index contributed by atoms with van der Waals surface area (Å²) in [5.74, 6) is -0.855. The fourth-order valence-electron chi connectivity index (χ4n) is 2.34. The number of para-hydroxylation sites is 1. The van der Waals surface area contributed by atoms with Crippen LogP contribution in [-0.4, -0.2) is 33.5 Å². The van der Waals surface area contributed by atoms with Crippen LogP contribution in [0.15, 0.2) is 24.3 Å². The second-order valence-electron chi connectivity index (χ2n) is 4.35. The molecule has 0 radical (unpaired) electrons. The Kier molecular flexibility index (Phi) is 3.57. The van der Waals surface area contributed by atoms with E-state index in [1.54, 1.807) is 23.1 Å². The molecule has 0 saturated carbocycles. The average molecular weight is 250 g/mol. The van der Waals surface area contributed by atoms with E-state index in [1.807, 2.05) is 0 Å². The van der Waals surface area contributed by atoms with Gasteiger partial charge in [0.25, 0.3) is 5.69 Å². The molecule has 1 aromatic rings. The van der Waals surface area contributed by atoms with Gasteiger partial charge in [-0.1, -0.05) is 18.2 Å². The molecular weight excluding hydrogens is 236 g/mol. The molecule has 1 aliphatic rings. The Hall–Kier alpha value is -1.95. The van der Waals surface area contributed by atoms with Crippen LogP contribution in [0, 0.1) is 10.1 Å². The number of rotatable bonds is 4. The van der Waals surface area contributed by atoms with Gasteiger partial charge >= 0.3 is 5.97 Å². The first-order chi connectivity index (χ1) is 8.59. The summed E-state index contributed by atoms with van der Waals surface area (Å²) in [6.07, 6.45) is 1.42. The van der Waals surface area contributed by atoms with Crippen LogP contribution in [0.1, 0.15) is 18.4 Å². The number of hydrogen-bond acceptors (Lipinski definition) is 4. The van der Waals surface area contributed by atoms with Crippen LogP contribution in [-0.2, 0) is 11.3 Å². The summed E-state index contributed by atoms with van der Waals surface area (Å²) in [6.45, 7) is 0.983. The number of nitrogens with zero attached hydrogens (tertiary/aromatic N) is 2. The van der Waals surface area contributed by atoms with E-state index in [1.165, 1.54) is 6.07 Å². The number of carboxylic acid groups (broad SMARTS) is 1. The number of nitro groups is 1. The Morgan fingerprint density at radius 1 is 1.50 bits per heavy atom. The minimum Gasteiger partial charge on any atom is -0.480 e. The van der Waals surface area contributed by atoms with Crippen molar-refractivity contribution >= 4 is 11.7 Å². The van der Waals surface area contributed by atoms with Gasteiger partial charge in [-0.2, -0.15) is 0 Å². The summed E-state index contributed by atoms with van der Waals surface area (Å²) < 4.78 is 0. The molecule has 0 amide bonds. The molecule has 18 heavy (non-hydrogen) atoms. The van der Waals surface area contributed by atoms with Gasteiger partial charge in [-0.15, -0.1) is 0 Å². The summed E-state index contributed by atoms with van der Waals surface area (Å²) in [6, 6.07) is 5.94. The van der Waals surface area contributed by atoms with Crippen molar-refractivity contribution in [3.05, 3.63) is 39.9 Å². The van der Waals surface area contributed by atoms with Crippen LogP contribution in [0.5, 0.6) is 0 Å². The van der Waals surface area contributed by atoms with Crippen molar-refractivity contribution < 1.29 is 14.8 Å². The number of likely N-dealkylation sites (tertiary alicyclic amines) is 1. The monoisotopic (exact) mass is 250 g/mol. The molecule has 1 heterocycles. The van der Waals surface area contributed by atoms with E-state index in [4.69, 9.17) is 5.11 Å². The molecule has 1 atom stereocenters. The lowest BCUT2D eigenvalue weighted by Crippen LogP contribution is -2.35. The predicted molar refractivity (Wildman–Crippen MR) is 64.2 cm³/mol. The molecule has 2 rings (SSSR count). The molecule has 0 aliphatic carbocycles. The third-order valence-electron chi connectivity index (χ3n) is 3.21. The summed E-state index contributed by atoms with van der Waals surface area (Å²) in [5.41, 5.74) is 0.615. The highest BCUT2D eigenvalue weighted by Gasteiger charge is 2.31. The number of hydrogen-bond donors (Lipinski definition) is 1. The predicted octanol–water partition coefficient (Wildman–Crippen LogP) is 1.64.